The van der Waals surface area contributed by atoms with Gasteiger partial charge in [0.25, 0.3) is 0 Å². The molecule has 8 heteroatoms. The molecule has 3 rings (SSSR count). The molecule has 0 saturated heterocycles. The Hall–Kier alpha value is -2.45. The number of nitrogens with zero attached hydrogens (tertiary/aromatic N) is 4. The SMILES string of the molecule is C=CCn1c(C)nnc1SCc1csc(CC(=O)Nc2ccccc2C)n1. The van der Waals surface area contributed by atoms with Gasteiger partial charge in [-0.25, -0.2) is 4.98 Å². The number of allylic oxidation sites excluding steroid dienone is 1. The molecule has 0 saturated carbocycles. The number of carbonyl (C=O) groups excluding carboxylic acids is 1. The molecule has 0 aliphatic heterocycles. The number of thioether (sulfide) groups is 1. The molecule has 3 aromatic rings. The van der Waals surface area contributed by atoms with Crippen molar-refractivity contribution >= 4 is 34.7 Å². The van der Waals surface area contributed by atoms with Gasteiger partial charge < -0.3 is 9.88 Å². The minimum absolute atomic E-state index is 0.0563. The molecule has 0 spiro atoms. The predicted molar refractivity (Wildman–Crippen MR) is 110 cm³/mol. The van der Waals surface area contributed by atoms with Gasteiger partial charge in [-0.3, -0.25) is 4.79 Å². The van der Waals surface area contributed by atoms with Crippen molar-refractivity contribution in [3.8, 4) is 0 Å². The van der Waals surface area contributed by atoms with Crippen LogP contribution in [-0.2, 0) is 23.5 Å². The zero-order valence-corrected chi connectivity index (χ0v) is 16.9. The molecule has 0 radical (unpaired) electrons. The number of amides is 1. The maximum atomic E-state index is 12.3. The molecule has 2 aromatic heterocycles. The third kappa shape index (κ3) is 5.05. The first-order valence-corrected chi connectivity index (χ1v) is 10.4. The van der Waals surface area contributed by atoms with Gasteiger partial charge in [0.2, 0.25) is 5.91 Å². The summed E-state index contributed by atoms with van der Waals surface area (Å²) < 4.78 is 2.01. The molecular formula is C19H21N5OS2. The lowest BCUT2D eigenvalue weighted by Crippen LogP contribution is -2.15. The van der Waals surface area contributed by atoms with Crippen molar-refractivity contribution in [2.75, 3.05) is 5.32 Å². The van der Waals surface area contributed by atoms with Crippen molar-refractivity contribution in [1.82, 2.24) is 19.7 Å². The van der Waals surface area contributed by atoms with Crippen LogP contribution in [0.25, 0.3) is 0 Å². The number of aryl methyl sites for hydroxylation is 2. The van der Waals surface area contributed by atoms with Crippen molar-refractivity contribution in [3.05, 3.63) is 64.4 Å². The summed E-state index contributed by atoms with van der Waals surface area (Å²) in [7, 11) is 0. The van der Waals surface area contributed by atoms with Crippen molar-refractivity contribution in [1.29, 1.82) is 0 Å². The summed E-state index contributed by atoms with van der Waals surface area (Å²) in [6.07, 6.45) is 2.10. The highest BCUT2D eigenvalue weighted by Crippen LogP contribution is 2.23. The second kappa shape index (κ2) is 8.96. The molecule has 0 aliphatic rings. The van der Waals surface area contributed by atoms with Crippen LogP contribution in [0.3, 0.4) is 0 Å². The summed E-state index contributed by atoms with van der Waals surface area (Å²) in [6, 6.07) is 7.74. The average Bonchev–Trinajstić information content (AvgIpc) is 3.23. The number of benzene rings is 1. The van der Waals surface area contributed by atoms with Crippen LogP contribution < -0.4 is 5.32 Å². The van der Waals surface area contributed by atoms with E-state index in [1.165, 1.54) is 11.3 Å². The lowest BCUT2D eigenvalue weighted by Gasteiger charge is -2.06. The average molecular weight is 400 g/mol. The first-order valence-electron chi connectivity index (χ1n) is 8.49. The van der Waals surface area contributed by atoms with Crippen LogP contribution in [0.2, 0.25) is 0 Å². The van der Waals surface area contributed by atoms with E-state index in [1.54, 1.807) is 11.8 Å². The maximum Gasteiger partial charge on any atom is 0.231 e. The van der Waals surface area contributed by atoms with E-state index in [2.05, 4.69) is 27.1 Å². The van der Waals surface area contributed by atoms with Crippen LogP contribution in [0.1, 0.15) is 22.1 Å². The molecule has 0 atom stereocenters. The number of carbonyl (C=O) groups is 1. The zero-order valence-electron chi connectivity index (χ0n) is 15.3. The number of aromatic nitrogens is 4. The number of anilines is 1. The van der Waals surface area contributed by atoms with E-state index >= 15 is 0 Å². The third-order valence-electron chi connectivity index (χ3n) is 3.89. The van der Waals surface area contributed by atoms with Gasteiger partial charge in [0, 0.05) is 23.4 Å². The van der Waals surface area contributed by atoms with E-state index in [4.69, 9.17) is 0 Å². The molecule has 140 valence electrons. The van der Waals surface area contributed by atoms with Crippen molar-refractivity contribution in [3.63, 3.8) is 0 Å². The molecule has 2 heterocycles. The highest BCUT2D eigenvalue weighted by atomic mass is 32.2. The molecule has 1 N–H and O–H groups in total. The largest absolute Gasteiger partial charge is 0.325 e. The van der Waals surface area contributed by atoms with Gasteiger partial charge in [-0.15, -0.1) is 28.1 Å². The monoisotopic (exact) mass is 399 g/mol. The summed E-state index contributed by atoms with van der Waals surface area (Å²) in [5.41, 5.74) is 2.82. The van der Waals surface area contributed by atoms with Gasteiger partial charge >= 0.3 is 0 Å². The lowest BCUT2D eigenvalue weighted by molar-refractivity contribution is -0.115. The molecule has 0 unspecified atom stereocenters. The predicted octanol–water partition coefficient (Wildman–Crippen LogP) is 4.01. The fraction of sp³-hybridized carbons (Fsp3) is 0.263. The summed E-state index contributed by atoms with van der Waals surface area (Å²) in [5.74, 6) is 1.49. The van der Waals surface area contributed by atoms with Crippen molar-refractivity contribution in [2.45, 2.75) is 37.7 Å². The Bertz CT molecular complexity index is 947. The molecular weight excluding hydrogens is 378 g/mol. The highest BCUT2D eigenvalue weighted by molar-refractivity contribution is 7.98. The number of hydrogen-bond acceptors (Lipinski definition) is 6. The summed E-state index contributed by atoms with van der Waals surface area (Å²) >= 11 is 3.09. The van der Waals surface area contributed by atoms with Gasteiger partial charge in [0.1, 0.15) is 10.8 Å². The summed E-state index contributed by atoms with van der Waals surface area (Å²) in [5, 5.41) is 14.9. The minimum Gasteiger partial charge on any atom is -0.325 e. The van der Waals surface area contributed by atoms with Crippen LogP contribution in [-0.4, -0.2) is 25.7 Å². The van der Waals surface area contributed by atoms with Crippen LogP contribution in [0.5, 0.6) is 0 Å². The quantitative estimate of drug-likeness (QED) is 0.458. The lowest BCUT2D eigenvalue weighted by atomic mass is 10.2. The first kappa shape index (κ1) is 19.3. The van der Waals surface area contributed by atoms with E-state index < -0.39 is 0 Å². The Morgan fingerprint density at radius 2 is 2.15 bits per heavy atom. The van der Waals surface area contributed by atoms with Crippen molar-refractivity contribution in [2.24, 2.45) is 0 Å². The number of thiazole rings is 1. The van der Waals surface area contributed by atoms with Gasteiger partial charge in [0.05, 0.1) is 12.1 Å². The number of para-hydroxylation sites is 1. The minimum atomic E-state index is -0.0563. The van der Waals surface area contributed by atoms with Crippen molar-refractivity contribution < 1.29 is 4.79 Å². The second-order valence-electron chi connectivity index (χ2n) is 5.99. The zero-order chi connectivity index (χ0) is 19.2. The van der Waals surface area contributed by atoms with E-state index in [-0.39, 0.29) is 12.3 Å². The Morgan fingerprint density at radius 3 is 2.93 bits per heavy atom. The number of rotatable bonds is 8. The fourth-order valence-corrected chi connectivity index (χ4v) is 4.27. The fourth-order valence-electron chi connectivity index (χ4n) is 2.49. The number of nitrogens with one attached hydrogen (secondary N) is 1. The van der Waals surface area contributed by atoms with Crippen LogP contribution in [0.4, 0.5) is 5.69 Å². The molecule has 1 amide bonds. The molecule has 0 bridgehead atoms. The number of hydrogen-bond donors (Lipinski definition) is 1. The van der Waals surface area contributed by atoms with E-state index in [0.717, 1.165) is 32.9 Å². The second-order valence-corrected chi connectivity index (χ2v) is 7.88. The van der Waals surface area contributed by atoms with Gasteiger partial charge in [-0.1, -0.05) is 36.0 Å². The van der Waals surface area contributed by atoms with E-state index in [1.807, 2.05) is 54.1 Å². The smallest absolute Gasteiger partial charge is 0.231 e. The summed E-state index contributed by atoms with van der Waals surface area (Å²) in [4.78, 5) is 16.8. The van der Waals surface area contributed by atoms with E-state index in [0.29, 0.717) is 12.3 Å². The Balaban J connectivity index is 1.56. The molecule has 6 nitrogen and oxygen atoms in total. The van der Waals surface area contributed by atoms with Crippen LogP contribution in [0.15, 0.2) is 47.5 Å². The topological polar surface area (TPSA) is 72.7 Å². The maximum absolute atomic E-state index is 12.3. The van der Waals surface area contributed by atoms with Crippen LogP contribution >= 0.6 is 23.1 Å². The Labute approximate surface area is 166 Å². The normalized spacial score (nSPS) is 10.7. The molecule has 27 heavy (non-hydrogen) atoms. The van der Waals surface area contributed by atoms with Crippen LogP contribution in [0, 0.1) is 13.8 Å². The standard InChI is InChI=1S/C19H21N5OS2/c1-4-9-24-14(3)22-23-19(24)27-12-15-11-26-18(20-15)10-17(25)21-16-8-6-5-7-13(16)2/h4-8,11H,1,9-10,12H2,2-3H3,(H,21,25). The Morgan fingerprint density at radius 1 is 1.33 bits per heavy atom. The summed E-state index contributed by atoms with van der Waals surface area (Å²) in [6.45, 7) is 8.35. The molecule has 0 aliphatic carbocycles. The van der Waals surface area contributed by atoms with Gasteiger partial charge in [-0.05, 0) is 25.5 Å². The third-order valence-corrected chi connectivity index (χ3v) is 5.79. The first-order chi connectivity index (χ1) is 13.1. The molecule has 1 aromatic carbocycles. The van der Waals surface area contributed by atoms with E-state index in [9.17, 15) is 4.79 Å². The molecule has 0 fully saturated rings. The highest BCUT2D eigenvalue weighted by Gasteiger charge is 2.12. The van der Waals surface area contributed by atoms with Gasteiger partial charge in [-0.2, -0.15) is 0 Å². The van der Waals surface area contributed by atoms with Gasteiger partial charge in [0.15, 0.2) is 5.16 Å². The Kier molecular flexibility index (Phi) is 6.41.